The van der Waals surface area contributed by atoms with Crippen molar-refractivity contribution in [2.75, 3.05) is 26.7 Å². The van der Waals surface area contributed by atoms with Gasteiger partial charge in [0.2, 0.25) is 0 Å². The van der Waals surface area contributed by atoms with Gasteiger partial charge in [-0.2, -0.15) is 0 Å². The van der Waals surface area contributed by atoms with E-state index in [9.17, 15) is 5.11 Å². The first kappa shape index (κ1) is 12.0. The van der Waals surface area contributed by atoms with Crippen LogP contribution in [0.4, 0.5) is 0 Å². The van der Waals surface area contributed by atoms with Crippen molar-refractivity contribution in [1.82, 2.24) is 4.90 Å². The van der Waals surface area contributed by atoms with E-state index < -0.39 is 0 Å². The molecule has 1 aliphatic rings. The number of nitrogens with zero attached hydrogens (tertiary/aromatic N) is 1. The second-order valence-electron chi connectivity index (χ2n) is 4.67. The van der Waals surface area contributed by atoms with Crippen LogP contribution >= 0.6 is 0 Å². The minimum Gasteiger partial charge on any atom is -0.394 e. The lowest BCUT2D eigenvalue weighted by atomic mass is 9.86. The molecule has 1 aliphatic carbocycles. The Labute approximate surface area is 87.3 Å². The maximum Gasteiger partial charge on any atom is 0.0613 e. The van der Waals surface area contributed by atoms with E-state index in [1.54, 1.807) is 0 Å². The van der Waals surface area contributed by atoms with Crippen molar-refractivity contribution in [3.05, 3.63) is 0 Å². The fourth-order valence-electron chi connectivity index (χ4n) is 2.34. The Bertz CT molecular complexity index is 175. The number of hydrogen-bond acceptors (Lipinski definition) is 3. The Balaban J connectivity index is 2.36. The van der Waals surface area contributed by atoms with Crippen LogP contribution < -0.4 is 5.73 Å². The van der Waals surface area contributed by atoms with E-state index in [1.807, 2.05) is 0 Å². The molecule has 0 bridgehead atoms. The average Bonchev–Trinajstić information content (AvgIpc) is 2.57. The number of nitrogens with two attached hydrogens (primary N) is 1. The Morgan fingerprint density at radius 3 is 2.86 bits per heavy atom. The molecule has 3 N–H and O–H groups in total. The Morgan fingerprint density at radius 2 is 2.29 bits per heavy atom. The van der Waals surface area contributed by atoms with Crippen LogP contribution in [0.5, 0.6) is 0 Å². The maximum absolute atomic E-state index is 9.28. The standard InChI is InChI=1S/C11H24N2O/c1-3-13(2)8-6-10-5-4-7-11(10,12)9-14/h10,14H,3-9,12H2,1-2H3. The van der Waals surface area contributed by atoms with Crippen LogP contribution in [-0.2, 0) is 0 Å². The fourth-order valence-corrected chi connectivity index (χ4v) is 2.34. The normalized spacial score (nSPS) is 32.8. The van der Waals surface area contributed by atoms with E-state index in [0.29, 0.717) is 5.92 Å². The molecule has 0 aromatic carbocycles. The molecule has 0 amide bonds. The van der Waals surface area contributed by atoms with E-state index >= 15 is 0 Å². The molecule has 0 saturated heterocycles. The van der Waals surface area contributed by atoms with Gasteiger partial charge in [0, 0.05) is 5.54 Å². The van der Waals surface area contributed by atoms with Crippen molar-refractivity contribution in [1.29, 1.82) is 0 Å². The van der Waals surface area contributed by atoms with Gasteiger partial charge in [0.1, 0.15) is 0 Å². The van der Waals surface area contributed by atoms with Crippen LogP contribution in [0.2, 0.25) is 0 Å². The van der Waals surface area contributed by atoms with Gasteiger partial charge in [-0.05, 0) is 45.3 Å². The Kier molecular flexibility index (Phi) is 4.35. The van der Waals surface area contributed by atoms with Crippen molar-refractivity contribution in [2.24, 2.45) is 11.7 Å². The van der Waals surface area contributed by atoms with Crippen LogP contribution in [0.25, 0.3) is 0 Å². The molecular weight excluding hydrogens is 176 g/mol. The topological polar surface area (TPSA) is 49.5 Å². The predicted octanol–water partition coefficient (Wildman–Crippen LogP) is 0.818. The molecule has 1 rings (SSSR count). The molecule has 3 nitrogen and oxygen atoms in total. The zero-order valence-corrected chi connectivity index (χ0v) is 9.50. The van der Waals surface area contributed by atoms with Gasteiger partial charge < -0.3 is 15.7 Å². The number of hydrogen-bond donors (Lipinski definition) is 2. The molecule has 0 aliphatic heterocycles. The quantitative estimate of drug-likeness (QED) is 0.691. The van der Waals surface area contributed by atoms with E-state index in [-0.39, 0.29) is 12.1 Å². The third-order valence-electron chi connectivity index (χ3n) is 3.70. The third kappa shape index (κ3) is 2.69. The molecule has 14 heavy (non-hydrogen) atoms. The summed E-state index contributed by atoms with van der Waals surface area (Å²) in [6, 6.07) is 0. The van der Waals surface area contributed by atoms with E-state index in [2.05, 4.69) is 18.9 Å². The van der Waals surface area contributed by atoms with Crippen LogP contribution in [0.3, 0.4) is 0 Å². The van der Waals surface area contributed by atoms with Gasteiger partial charge in [-0.25, -0.2) is 0 Å². The monoisotopic (exact) mass is 200 g/mol. The van der Waals surface area contributed by atoms with Crippen molar-refractivity contribution in [3.8, 4) is 0 Å². The van der Waals surface area contributed by atoms with Crippen molar-refractivity contribution >= 4 is 0 Å². The first-order valence-electron chi connectivity index (χ1n) is 5.70. The largest absolute Gasteiger partial charge is 0.394 e. The molecule has 1 saturated carbocycles. The highest BCUT2D eigenvalue weighted by molar-refractivity contribution is 4.96. The lowest BCUT2D eigenvalue weighted by Gasteiger charge is -2.30. The predicted molar refractivity (Wildman–Crippen MR) is 59.1 cm³/mol. The number of aliphatic hydroxyl groups excluding tert-OH is 1. The van der Waals surface area contributed by atoms with E-state index in [0.717, 1.165) is 25.9 Å². The molecule has 2 atom stereocenters. The summed E-state index contributed by atoms with van der Waals surface area (Å²) >= 11 is 0. The molecule has 0 aromatic heterocycles. The van der Waals surface area contributed by atoms with Gasteiger partial charge in [-0.15, -0.1) is 0 Å². The molecule has 0 spiro atoms. The average molecular weight is 200 g/mol. The van der Waals surface area contributed by atoms with E-state index in [1.165, 1.54) is 12.8 Å². The highest BCUT2D eigenvalue weighted by Crippen LogP contribution is 2.35. The molecule has 2 unspecified atom stereocenters. The molecule has 84 valence electrons. The summed E-state index contributed by atoms with van der Waals surface area (Å²) in [5.74, 6) is 0.515. The Morgan fingerprint density at radius 1 is 1.57 bits per heavy atom. The summed E-state index contributed by atoms with van der Waals surface area (Å²) in [6.07, 6.45) is 4.48. The maximum atomic E-state index is 9.28. The van der Waals surface area contributed by atoms with Crippen molar-refractivity contribution in [2.45, 2.75) is 38.1 Å². The number of rotatable bonds is 5. The summed E-state index contributed by atoms with van der Waals surface area (Å²) in [6.45, 7) is 4.49. The smallest absolute Gasteiger partial charge is 0.0613 e. The summed E-state index contributed by atoms with van der Waals surface area (Å²) in [4.78, 5) is 2.30. The zero-order valence-electron chi connectivity index (χ0n) is 9.50. The van der Waals surface area contributed by atoms with Crippen molar-refractivity contribution < 1.29 is 5.11 Å². The summed E-state index contributed by atoms with van der Waals surface area (Å²) in [7, 11) is 2.13. The SMILES string of the molecule is CCN(C)CCC1CCCC1(N)CO. The molecule has 0 aromatic rings. The van der Waals surface area contributed by atoms with E-state index in [4.69, 9.17) is 5.73 Å². The van der Waals surface area contributed by atoms with Crippen LogP contribution in [0.15, 0.2) is 0 Å². The highest BCUT2D eigenvalue weighted by Gasteiger charge is 2.38. The molecule has 0 radical (unpaired) electrons. The van der Waals surface area contributed by atoms with Gasteiger partial charge in [-0.1, -0.05) is 13.3 Å². The zero-order chi connectivity index (χ0) is 10.6. The van der Waals surface area contributed by atoms with Crippen molar-refractivity contribution in [3.63, 3.8) is 0 Å². The van der Waals surface area contributed by atoms with Gasteiger partial charge >= 0.3 is 0 Å². The summed E-state index contributed by atoms with van der Waals surface area (Å²) in [5, 5.41) is 9.28. The van der Waals surface area contributed by atoms with Gasteiger partial charge in [0.25, 0.3) is 0 Å². The molecule has 0 heterocycles. The van der Waals surface area contributed by atoms with Gasteiger partial charge in [-0.3, -0.25) is 0 Å². The van der Waals surface area contributed by atoms with Crippen LogP contribution in [0, 0.1) is 5.92 Å². The summed E-state index contributed by atoms with van der Waals surface area (Å²) < 4.78 is 0. The second kappa shape index (κ2) is 5.10. The van der Waals surface area contributed by atoms with Gasteiger partial charge in [0.05, 0.1) is 6.61 Å². The minimum atomic E-state index is -0.283. The third-order valence-corrected chi connectivity index (χ3v) is 3.70. The number of aliphatic hydroxyl groups is 1. The molecule has 3 heteroatoms. The fraction of sp³-hybridized carbons (Fsp3) is 1.00. The lowest BCUT2D eigenvalue weighted by Crippen LogP contribution is -2.47. The Hall–Kier alpha value is -0.120. The highest BCUT2D eigenvalue weighted by atomic mass is 16.3. The first-order valence-corrected chi connectivity index (χ1v) is 5.70. The lowest BCUT2D eigenvalue weighted by molar-refractivity contribution is 0.148. The minimum absolute atomic E-state index is 0.146. The van der Waals surface area contributed by atoms with Crippen LogP contribution in [-0.4, -0.2) is 42.3 Å². The van der Waals surface area contributed by atoms with Gasteiger partial charge in [0.15, 0.2) is 0 Å². The first-order chi connectivity index (χ1) is 6.62. The molecular formula is C11H24N2O. The second-order valence-corrected chi connectivity index (χ2v) is 4.67. The summed E-state index contributed by atoms with van der Waals surface area (Å²) in [5.41, 5.74) is 5.88. The van der Waals surface area contributed by atoms with Crippen LogP contribution in [0.1, 0.15) is 32.6 Å². The molecule has 1 fully saturated rings.